The minimum Gasteiger partial charge on any atom is -1.00 e. The van der Waals surface area contributed by atoms with Crippen molar-refractivity contribution in [2.45, 2.75) is 71.3 Å². The first-order valence-corrected chi connectivity index (χ1v) is 18.2. The highest BCUT2D eigenvalue weighted by Gasteiger charge is 2.30. The maximum absolute atomic E-state index is 12.8. The maximum atomic E-state index is 12.8. The molecule has 0 aliphatic carbocycles. The summed E-state index contributed by atoms with van der Waals surface area (Å²) in [5, 5.41) is 35.9. The summed E-state index contributed by atoms with van der Waals surface area (Å²) in [6.45, 7) is 8.49. The van der Waals surface area contributed by atoms with Crippen LogP contribution in [0.4, 0.5) is 4.79 Å². The first-order chi connectivity index (χ1) is 20.6. The van der Waals surface area contributed by atoms with Crippen molar-refractivity contribution < 1.29 is 58.1 Å². The van der Waals surface area contributed by atoms with Crippen LogP contribution >= 0.6 is 22.7 Å². The Morgan fingerprint density at radius 2 is 1.67 bits per heavy atom. The van der Waals surface area contributed by atoms with Gasteiger partial charge in [0.1, 0.15) is 33.8 Å². The van der Waals surface area contributed by atoms with Gasteiger partial charge in [0.15, 0.2) is 0 Å². The Balaban J connectivity index is 0.0000101. The van der Waals surface area contributed by atoms with Crippen molar-refractivity contribution in [1.82, 2.24) is 31.2 Å². The summed E-state index contributed by atoms with van der Waals surface area (Å²) in [6, 6.07) is -1.26. The molecule has 13 nitrogen and oxygen atoms in total. The zero-order valence-corrected chi connectivity index (χ0v) is 31.2. The number of amides is 4. The summed E-state index contributed by atoms with van der Waals surface area (Å²) in [6.07, 6.45) is 2.47. The van der Waals surface area contributed by atoms with Gasteiger partial charge in [-0.25, -0.2) is 14.8 Å². The number of hydrogen-bond donors (Lipinski definition) is 6. The Hall–Kier alpha value is -2.06. The highest BCUT2D eigenvalue weighted by molar-refractivity contribution is 7.95. The van der Waals surface area contributed by atoms with E-state index in [1.807, 2.05) is 5.38 Å². The monoisotopic (exact) mass is 800 g/mol. The van der Waals surface area contributed by atoms with Crippen LogP contribution in [0.3, 0.4) is 0 Å². The number of rotatable bonds is 16. The molecule has 0 aliphatic rings. The average Bonchev–Trinajstić information content (AvgIpc) is 3.61. The fourth-order valence-corrected chi connectivity index (χ4v) is 5.96. The molecule has 2 aromatic rings. The fourth-order valence-electron chi connectivity index (χ4n) is 3.62. The fraction of sp³-hybridized carbons (Fsp3) is 0.643. The Bertz CT molecular complexity index is 1250. The molecule has 0 saturated carbocycles. The van der Waals surface area contributed by atoms with E-state index in [2.05, 4.69) is 43.7 Å². The molecule has 254 valence electrons. The standard InChI is InChI=1S/C28H44N6O7S3.HI/c1-16(20(36)13-31-27(40)41-28(3,4)5)23(37)34-22(17(2)35)25(39)30-11-9-21-32-19(15-42-21)26-33-18(14-43-26)24(38)29-10-8-12-44(6)7;/h14-17,20,22,35-36H,8-13H2,1-7H3,(H3-,29,30,31,34,37,38,39,40);1H/t16-,17-,20+,22+;/m1./s1. The van der Waals surface area contributed by atoms with Gasteiger partial charge in [-0.1, -0.05) is 6.92 Å². The van der Waals surface area contributed by atoms with E-state index in [-0.39, 0.29) is 43.0 Å². The molecule has 2 heterocycles. The van der Waals surface area contributed by atoms with Gasteiger partial charge in [-0.2, -0.15) is 0 Å². The van der Waals surface area contributed by atoms with Crippen LogP contribution in [0.15, 0.2) is 10.8 Å². The largest absolute Gasteiger partial charge is 1.00 e. The maximum Gasteiger partial charge on any atom is 0.407 e. The second-order valence-corrected chi connectivity index (χ2v) is 15.7. The number of aliphatic hydroxyl groups is 2. The Labute approximate surface area is 292 Å². The number of aliphatic hydroxyl groups excluding tert-OH is 2. The van der Waals surface area contributed by atoms with E-state index < -0.39 is 47.7 Å². The summed E-state index contributed by atoms with van der Waals surface area (Å²) < 4.78 is 5.11. The Morgan fingerprint density at radius 3 is 2.29 bits per heavy atom. The van der Waals surface area contributed by atoms with Crippen molar-refractivity contribution >= 4 is 57.4 Å². The molecule has 0 unspecified atom stereocenters. The molecule has 6 N–H and O–H groups in total. The quantitative estimate of drug-likeness (QED) is 0.0654. The minimum atomic E-state index is -1.26. The smallest absolute Gasteiger partial charge is 0.407 e. The third-order valence-corrected chi connectivity index (χ3v) is 8.95. The molecule has 2 rings (SSSR count). The molecule has 4 amide bonds. The molecule has 0 aromatic carbocycles. The van der Waals surface area contributed by atoms with Crippen LogP contribution in [-0.4, -0.2) is 106 Å². The molecule has 45 heavy (non-hydrogen) atoms. The van der Waals surface area contributed by atoms with Crippen molar-refractivity contribution in [3.8, 4) is 10.7 Å². The van der Waals surface area contributed by atoms with Crippen LogP contribution in [0.5, 0.6) is 0 Å². The van der Waals surface area contributed by atoms with Crippen LogP contribution in [0.2, 0.25) is 0 Å². The number of hydrogen-bond acceptors (Lipinski definition) is 11. The van der Waals surface area contributed by atoms with Gasteiger partial charge in [0.05, 0.1) is 35.6 Å². The van der Waals surface area contributed by atoms with E-state index in [4.69, 9.17) is 4.74 Å². The zero-order valence-electron chi connectivity index (χ0n) is 26.6. The summed E-state index contributed by atoms with van der Waals surface area (Å²) in [4.78, 5) is 58.7. The van der Waals surface area contributed by atoms with Crippen molar-refractivity contribution in [3.05, 3.63) is 21.5 Å². The normalized spacial score (nSPS) is 14.0. The molecule has 2 aromatic heterocycles. The Kier molecular flexibility index (Phi) is 17.8. The van der Waals surface area contributed by atoms with Crippen LogP contribution in [-0.2, 0) is 31.6 Å². The van der Waals surface area contributed by atoms with E-state index in [1.165, 1.54) is 36.5 Å². The molecule has 4 atom stereocenters. The summed E-state index contributed by atoms with van der Waals surface area (Å²) in [5.41, 5.74) is 0.282. The molecule has 0 radical (unpaired) electrons. The van der Waals surface area contributed by atoms with Gasteiger partial charge in [0.2, 0.25) is 11.8 Å². The third kappa shape index (κ3) is 14.9. The number of halogens is 1. The van der Waals surface area contributed by atoms with E-state index in [1.54, 1.807) is 26.2 Å². The van der Waals surface area contributed by atoms with Crippen LogP contribution in [0.25, 0.3) is 10.7 Å². The van der Waals surface area contributed by atoms with E-state index in [0.717, 1.165) is 17.2 Å². The molecular weight excluding hydrogens is 755 g/mol. The summed E-state index contributed by atoms with van der Waals surface area (Å²) in [5.74, 6) is -1.39. The number of thiazole rings is 2. The van der Waals surface area contributed by atoms with Crippen LogP contribution in [0, 0.1) is 5.92 Å². The predicted molar refractivity (Wildman–Crippen MR) is 174 cm³/mol. The van der Waals surface area contributed by atoms with Crippen LogP contribution < -0.4 is 45.2 Å². The van der Waals surface area contributed by atoms with E-state index in [9.17, 15) is 29.4 Å². The lowest BCUT2D eigenvalue weighted by Gasteiger charge is -2.25. The summed E-state index contributed by atoms with van der Waals surface area (Å²) in [7, 11) is 0.341. The number of aromatic nitrogens is 2. The Morgan fingerprint density at radius 1 is 0.978 bits per heavy atom. The number of alkyl carbamates (subject to hydrolysis) is 1. The first kappa shape index (κ1) is 41.0. The zero-order chi connectivity index (χ0) is 33.0. The molecule has 17 heteroatoms. The van der Waals surface area contributed by atoms with Crippen molar-refractivity contribution in [3.63, 3.8) is 0 Å². The highest BCUT2D eigenvalue weighted by atomic mass is 127. The number of carbonyl (C=O) groups excluding carboxylic acids is 4. The number of nitrogens with zero attached hydrogens (tertiary/aromatic N) is 2. The van der Waals surface area contributed by atoms with Gasteiger partial charge in [-0.05, 0) is 38.6 Å². The van der Waals surface area contributed by atoms with E-state index >= 15 is 0 Å². The molecule has 0 fully saturated rings. The minimum absolute atomic E-state index is 0. The molecule has 0 saturated heterocycles. The molecular formula is C28H45IN6O7S3. The third-order valence-electron chi connectivity index (χ3n) is 6.07. The van der Waals surface area contributed by atoms with Crippen molar-refractivity contribution in [1.29, 1.82) is 0 Å². The van der Waals surface area contributed by atoms with Crippen LogP contribution in [0.1, 0.15) is 56.5 Å². The summed E-state index contributed by atoms with van der Waals surface area (Å²) >= 11 is 2.73. The van der Waals surface area contributed by atoms with Crippen molar-refractivity contribution in [2.75, 3.05) is 37.9 Å². The number of nitrogens with one attached hydrogen (secondary N) is 4. The van der Waals surface area contributed by atoms with Gasteiger partial charge in [-0.15, -0.1) is 22.7 Å². The topological polar surface area (TPSA) is 192 Å². The molecule has 0 bridgehead atoms. The van der Waals surface area contributed by atoms with E-state index in [0.29, 0.717) is 40.3 Å². The van der Waals surface area contributed by atoms with Gasteiger partial charge in [0, 0.05) is 43.2 Å². The molecule has 0 spiro atoms. The first-order valence-electron chi connectivity index (χ1n) is 14.2. The van der Waals surface area contributed by atoms with Gasteiger partial charge < -0.3 is 60.2 Å². The lowest BCUT2D eigenvalue weighted by atomic mass is 10.0. The second kappa shape index (κ2) is 19.6. The SMILES string of the molecule is C[C@@H](O)[C@H](NC(=O)[C@H](C)[C@@H](O)CNC(=O)OC(C)(C)C)C(=O)NCCc1nc(-c2nc(C(=O)NCCC[S+](C)C)cs2)cs1.[I-]. The van der Waals surface area contributed by atoms with Gasteiger partial charge in [-0.3, -0.25) is 14.4 Å². The van der Waals surface area contributed by atoms with Gasteiger partial charge >= 0.3 is 6.09 Å². The average molecular weight is 801 g/mol. The lowest BCUT2D eigenvalue weighted by molar-refractivity contribution is -0.135. The van der Waals surface area contributed by atoms with Gasteiger partial charge in [0.25, 0.3) is 5.91 Å². The molecule has 0 aliphatic heterocycles. The lowest BCUT2D eigenvalue weighted by Crippen LogP contribution is -3.00. The van der Waals surface area contributed by atoms with Crippen molar-refractivity contribution in [2.24, 2.45) is 5.92 Å². The number of carbonyl (C=O) groups is 4. The highest BCUT2D eigenvalue weighted by Crippen LogP contribution is 2.25. The second-order valence-electron chi connectivity index (χ2n) is 11.5. The number of ether oxygens (including phenoxy) is 1. The predicted octanol–water partition coefficient (Wildman–Crippen LogP) is -1.69.